The SMILES string of the molecule is COc1ccc(N2CCN(c3ncc4c(n3)CCN(Cc3cccc(Br)c3)C4)CC2)cc1. The first-order chi connectivity index (χ1) is 15.7. The Morgan fingerprint density at radius 2 is 1.75 bits per heavy atom. The Morgan fingerprint density at radius 1 is 0.969 bits per heavy atom. The first-order valence-corrected chi connectivity index (χ1v) is 11.9. The van der Waals surface area contributed by atoms with Crippen LogP contribution in [0.2, 0.25) is 0 Å². The minimum atomic E-state index is 0.874. The molecular weight excluding hydrogens is 466 g/mol. The van der Waals surface area contributed by atoms with Crippen molar-refractivity contribution in [3.05, 3.63) is 76.0 Å². The third-order valence-corrected chi connectivity index (χ3v) is 6.79. The summed E-state index contributed by atoms with van der Waals surface area (Å²) in [4.78, 5) is 16.9. The van der Waals surface area contributed by atoms with Crippen molar-refractivity contribution in [3.8, 4) is 5.75 Å². The fourth-order valence-electron chi connectivity index (χ4n) is 4.50. The Bertz CT molecular complexity index is 1070. The number of rotatable bonds is 5. The molecule has 1 fully saturated rings. The Kier molecular flexibility index (Phi) is 6.28. The zero-order valence-electron chi connectivity index (χ0n) is 18.4. The lowest BCUT2D eigenvalue weighted by molar-refractivity contribution is 0.243. The van der Waals surface area contributed by atoms with Gasteiger partial charge in [0.2, 0.25) is 5.95 Å². The van der Waals surface area contributed by atoms with Crippen molar-refractivity contribution in [2.75, 3.05) is 49.6 Å². The maximum atomic E-state index is 5.27. The third kappa shape index (κ3) is 4.74. The quantitative estimate of drug-likeness (QED) is 0.532. The van der Waals surface area contributed by atoms with Gasteiger partial charge in [0, 0.05) is 74.2 Å². The molecule has 0 aliphatic carbocycles. The number of hydrogen-bond donors (Lipinski definition) is 0. The summed E-state index contributed by atoms with van der Waals surface area (Å²) in [5.41, 5.74) is 5.03. The standard InChI is InChI=1S/C25H28BrN5O/c1-32-23-7-5-22(6-8-23)30-11-13-31(14-12-30)25-27-16-20-18-29(10-9-24(20)28-25)17-19-3-2-4-21(26)15-19/h2-8,15-16H,9-14,17-18H2,1H3. The van der Waals surface area contributed by atoms with E-state index >= 15 is 0 Å². The Balaban J connectivity index is 1.20. The van der Waals surface area contributed by atoms with Gasteiger partial charge in [-0.1, -0.05) is 28.1 Å². The summed E-state index contributed by atoms with van der Waals surface area (Å²) in [6.07, 6.45) is 3.02. The van der Waals surface area contributed by atoms with Crippen molar-refractivity contribution < 1.29 is 4.74 Å². The molecule has 0 saturated carbocycles. The number of fused-ring (bicyclic) bond motifs is 1. The van der Waals surface area contributed by atoms with E-state index in [1.807, 2.05) is 18.3 Å². The van der Waals surface area contributed by atoms with Gasteiger partial charge in [-0.15, -0.1) is 0 Å². The van der Waals surface area contributed by atoms with E-state index in [-0.39, 0.29) is 0 Å². The second kappa shape index (κ2) is 9.46. The van der Waals surface area contributed by atoms with Crippen molar-refractivity contribution in [3.63, 3.8) is 0 Å². The highest BCUT2D eigenvalue weighted by atomic mass is 79.9. The van der Waals surface area contributed by atoms with E-state index in [4.69, 9.17) is 14.7 Å². The molecule has 2 aliphatic heterocycles. The van der Waals surface area contributed by atoms with Gasteiger partial charge in [-0.05, 0) is 42.0 Å². The van der Waals surface area contributed by atoms with Crippen LogP contribution < -0.4 is 14.5 Å². The average Bonchev–Trinajstić information content (AvgIpc) is 2.84. The lowest BCUT2D eigenvalue weighted by Gasteiger charge is -2.36. The molecule has 3 aromatic rings. The maximum absolute atomic E-state index is 5.27. The van der Waals surface area contributed by atoms with Gasteiger partial charge >= 0.3 is 0 Å². The fraction of sp³-hybridized carbons (Fsp3) is 0.360. The summed E-state index contributed by atoms with van der Waals surface area (Å²) in [6.45, 7) is 6.68. The van der Waals surface area contributed by atoms with Crippen molar-refractivity contribution in [2.45, 2.75) is 19.5 Å². The van der Waals surface area contributed by atoms with Gasteiger partial charge in [0.25, 0.3) is 0 Å². The van der Waals surface area contributed by atoms with Crippen LogP contribution in [0.4, 0.5) is 11.6 Å². The van der Waals surface area contributed by atoms with Gasteiger partial charge in [0.1, 0.15) is 5.75 Å². The van der Waals surface area contributed by atoms with Crippen molar-refractivity contribution in [1.82, 2.24) is 14.9 Å². The Hall–Kier alpha value is -2.64. The Labute approximate surface area is 198 Å². The lowest BCUT2D eigenvalue weighted by atomic mass is 10.1. The summed E-state index contributed by atoms with van der Waals surface area (Å²) >= 11 is 3.57. The van der Waals surface area contributed by atoms with Crippen LogP contribution in [0.5, 0.6) is 5.75 Å². The molecule has 0 atom stereocenters. The number of methoxy groups -OCH3 is 1. The second-order valence-electron chi connectivity index (χ2n) is 8.40. The predicted molar refractivity (Wildman–Crippen MR) is 131 cm³/mol. The number of halogens is 1. The molecule has 32 heavy (non-hydrogen) atoms. The first kappa shape index (κ1) is 21.2. The second-order valence-corrected chi connectivity index (χ2v) is 9.32. The molecule has 2 aliphatic rings. The molecule has 166 valence electrons. The van der Waals surface area contributed by atoms with Gasteiger partial charge in [-0.25, -0.2) is 9.97 Å². The van der Waals surface area contributed by atoms with Gasteiger partial charge in [0.15, 0.2) is 0 Å². The lowest BCUT2D eigenvalue weighted by Crippen LogP contribution is -2.47. The maximum Gasteiger partial charge on any atom is 0.225 e. The van der Waals surface area contributed by atoms with Crippen LogP contribution in [0.3, 0.4) is 0 Å². The van der Waals surface area contributed by atoms with Crippen molar-refractivity contribution in [1.29, 1.82) is 0 Å². The first-order valence-electron chi connectivity index (χ1n) is 11.1. The molecule has 2 aromatic carbocycles. The van der Waals surface area contributed by atoms with Crippen molar-refractivity contribution >= 4 is 27.6 Å². The minimum Gasteiger partial charge on any atom is -0.497 e. The van der Waals surface area contributed by atoms with Crippen LogP contribution >= 0.6 is 15.9 Å². The fourth-order valence-corrected chi connectivity index (χ4v) is 4.95. The van der Waals surface area contributed by atoms with E-state index in [1.54, 1.807) is 7.11 Å². The minimum absolute atomic E-state index is 0.874. The van der Waals surface area contributed by atoms with E-state index in [1.165, 1.54) is 22.5 Å². The van der Waals surface area contributed by atoms with Gasteiger partial charge in [-0.2, -0.15) is 0 Å². The van der Waals surface area contributed by atoms with Gasteiger partial charge < -0.3 is 14.5 Å². The summed E-state index contributed by atoms with van der Waals surface area (Å²) in [5.74, 6) is 1.77. The van der Waals surface area contributed by atoms with Crippen LogP contribution in [0, 0.1) is 0 Å². The smallest absolute Gasteiger partial charge is 0.225 e. The van der Waals surface area contributed by atoms with Crippen LogP contribution in [0.15, 0.2) is 59.2 Å². The molecule has 5 rings (SSSR count). The zero-order chi connectivity index (χ0) is 21.9. The molecule has 0 amide bonds. The molecule has 7 heteroatoms. The molecular formula is C25H28BrN5O. The molecule has 0 unspecified atom stereocenters. The van der Waals surface area contributed by atoms with E-state index in [0.29, 0.717) is 0 Å². The number of nitrogens with zero attached hydrogens (tertiary/aromatic N) is 5. The number of hydrogen-bond acceptors (Lipinski definition) is 6. The van der Waals surface area contributed by atoms with E-state index < -0.39 is 0 Å². The summed E-state index contributed by atoms with van der Waals surface area (Å²) in [7, 11) is 1.70. The monoisotopic (exact) mass is 493 g/mol. The molecule has 0 radical (unpaired) electrons. The highest BCUT2D eigenvalue weighted by Crippen LogP contribution is 2.24. The topological polar surface area (TPSA) is 44.7 Å². The summed E-state index contributed by atoms with van der Waals surface area (Å²) in [5, 5.41) is 0. The predicted octanol–water partition coefficient (Wildman–Crippen LogP) is 4.13. The summed E-state index contributed by atoms with van der Waals surface area (Å²) < 4.78 is 6.40. The normalized spacial score (nSPS) is 16.7. The van der Waals surface area contributed by atoms with Crippen molar-refractivity contribution in [2.24, 2.45) is 0 Å². The largest absolute Gasteiger partial charge is 0.497 e. The van der Waals surface area contributed by atoms with Crippen LogP contribution in [0.1, 0.15) is 16.8 Å². The molecule has 0 N–H and O–H groups in total. The molecule has 0 bridgehead atoms. The number of aromatic nitrogens is 2. The average molecular weight is 494 g/mol. The highest BCUT2D eigenvalue weighted by molar-refractivity contribution is 9.10. The number of piperazine rings is 1. The number of ether oxygens (including phenoxy) is 1. The Morgan fingerprint density at radius 3 is 2.50 bits per heavy atom. The van der Waals surface area contributed by atoms with Gasteiger partial charge in [-0.3, -0.25) is 4.90 Å². The van der Waals surface area contributed by atoms with Gasteiger partial charge in [0.05, 0.1) is 12.8 Å². The van der Waals surface area contributed by atoms with E-state index in [2.05, 4.69) is 67.0 Å². The molecule has 1 saturated heterocycles. The molecule has 1 aromatic heterocycles. The number of benzene rings is 2. The van der Waals surface area contributed by atoms with E-state index in [9.17, 15) is 0 Å². The van der Waals surface area contributed by atoms with E-state index in [0.717, 1.165) is 68.4 Å². The summed E-state index contributed by atoms with van der Waals surface area (Å²) in [6, 6.07) is 16.9. The molecule has 6 nitrogen and oxygen atoms in total. The highest BCUT2D eigenvalue weighted by Gasteiger charge is 2.23. The number of anilines is 2. The zero-order valence-corrected chi connectivity index (χ0v) is 20.0. The van der Waals surface area contributed by atoms with Crippen LogP contribution in [-0.4, -0.2) is 54.7 Å². The molecule has 0 spiro atoms. The van der Waals surface area contributed by atoms with Crippen LogP contribution in [-0.2, 0) is 19.5 Å². The van der Waals surface area contributed by atoms with Crippen LogP contribution in [0.25, 0.3) is 0 Å². The molecule has 3 heterocycles. The third-order valence-electron chi connectivity index (χ3n) is 6.30.